The average Bonchev–Trinajstić information content (AvgIpc) is 2.75. The molecule has 162 valence electrons. The molecule has 2 N–H and O–H groups in total. The number of thioether (sulfide) groups is 1. The number of carbonyl (C=O) groups excluding carboxylic acids is 1. The minimum atomic E-state index is -3.80. The van der Waals surface area contributed by atoms with Gasteiger partial charge in [0, 0.05) is 6.54 Å². The molecule has 0 saturated carbocycles. The normalized spacial score (nSPS) is 14.2. The SMILES string of the molecule is CSCCC(NS(=O)(=O)c1ccc(C)cc1)C(=O)NCc1ccc2c(c1)OCCO2. The Bertz CT molecular complexity index is 977. The van der Waals surface area contributed by atoms with Crippen LogP contribution in [0.1, 0.15) is 17.5 Å². The van der Waals surface area contributed by atoms with E-state index < -0.39 is 16.1 Å². The molecule has 0 radical (unpaired) electrons. The molecule has 1 atom stereocenters. The molecule has 2 aromatic carbocycles. The molecule has 0 saturated heterocycles. The van der Waals surface area contributed by atoms with Gasteiger partial charge in [-0.3, -0.25) is 4.79 Å². The fraction of sp³-hybridized carbons (Fsp3) is 0.381. The third kappa shape index (κ3) is 5.90. The quantitative estimate of drug-likeness (QED) is 0.610. The predicted molar refractivity (Wildman–Crippen MR) is 118 cm³/mol. The van der Waals surface area contributed by atoms with Gasteiger partial charge >= 0.3 is 0 Å². The summed E-state index contributed by atoms with van der Waals surface area (Å²) in [6, 6.07) is 11.2. The van der Waals surface area contributed by atoms with E-state index in [0.29, 0.717) is 36.9 Å². The molecule has 2 aromatic rings. The molecule has 1 aliphatic rings. The van der Waals surface area contributed by atoms with Crippen molar-refractivity contribution in [2.45, 2.75) is 30.8 Å². The van der Waals surface area contributed by atoms with Crippen LogP contribution in [0.3, 0.4) is 0 Å². The van der Waals surface area contributed by atoms with E-state index in [1.165, 1.54) is 12.1 Å². The molecule has 0 aliphatic carbocycles. The molecule has 1 aliphatic heterocycles. The Hall–Kier alpha value is -2.23. The molecule has 0 bridgehead atoms. The van der Waals surface area contributed by atoms with Gasteiger partial charge in [-0.05, 0) is 55.2 Å². The van der Waals surface area contributed by atoms with Crippen molar-refractivity contribution >= 4 is 27.7 Å². The number of fused-ring (bicyclic) bond motifs is 1. The maximum atomic E-state index is 12.8. The van der Waals surface area contributed by atoms with Gasteiger partial charge in [-0.1, -0.05) is 23.8 Å². The van der Waals surface area contributed by atoms with Crippen LogP contribution in [0.25, 0.3) is 0 Å². The smallest absolute Gasteiger partial charge is 0.241 e. The molecule has 0 aromatic heterocycles. The van der Waals surface area contributed by atoms with Crippen LogP contribution in [0.4, 0.5) is 0 Å². The predicted octanol–water partition coefficient (Wildman–Crippen LogP) is 2.48. The van der Waals surface area contributed by atoms with E-state index >= 15 is 0 Å². The van der Waals surface area contributed by atoms with Crippen molar-refractivity contribution in [3.63, 3.8) is 0 Å². The fourth-order valence-electron chi connectivity index (χ4n) is 2.96. The molecular weight excluding hydrogens is 424 g/mol. The number of benzene rings is 2. The summed E-state index contributed by atoms with van der Waals surface area (Å²) < 4.78 is 39.1. The summed E-state index contributed by atoms with van der Waals surface area (Å²) in [5.74, 6) is 1.61. The average molecular weight is 451 g/mol. The second-order valence-corrected chi connectivity index (χ2v) is 9.66. The highest BCUT2D eigenvalue weighted by atomic mass is 32.2. The summed E-state index contributed by atoms with van der Waals surface area (Å²) in [4.78, 5) is 12.9. The Morgan fingerprint density at radius 2 is 1.80 bits per heavy atom. The second-order valence-electron chi connectivity index (χ2n) is 6.96. The van der Waals surface area contributed by atoms with Crippen LogP contribution in [0.15, 0.2) is 47.4 Å². The molecule has 3 rings (SSSR count). The van der Waals surface area contributed by atoms with Gasteiger partial charge in [0.05, 0.1) is 4.90 Å². The molecule has 30 heavy (non-hydrogen) atoms. The molecule has 1 amide bonds. The van der Waals surface area contributed by atoms with Crippen molar-refractivity contribution in [2.24, 2.45) is 0 Å². The van der Waals surface area contributed by atoms with E-state index in [4.69, 9.17) is 9.47 Å². The van der Waals surface area contributed by atoms with E-state index in [2.05, 4.69) is 10.0 Å². The van der Waals surface area contributed by atoms with Gasteiger partial charge < -0.3 is 14.8 Å². The van der Waals surface area contributed by atoms with Crippen LogP contribution in [-0.2, 0) is 21.4 Å². The first-order chi connectivity index (χ1) is 14.4. The topological polar surface area (TPSA) is 93.7 Å². The summed E-state index contributed by atoms with van der Waals surface area (Å²) in [5.41, 5.74) is 1.81. The minimum absolute atomic E-state index is 0.141. The zero-order valence-corrected chi connectivity index (χ0v) is 18.6. The number of carbonyl (C=O) groups is 1. The second kappa shape index (κ2) is 10.2. The van der Waals surface area contributed by atoms with Gasteiger partial charge in [-0.2, -0.15) is 16.5 Å². The largest absolute Gasteiger partial charge is 0.486 e. The Kier molecular flexibility index (Phi) is 7.63. The molecule has 0 fully saturated rings. The lowest BCUT2D eigenvalue weighted by Gasteiger charge is -2.20. The highest BCUT2D eigenvalue weighted by Gasteiger charge is 2.25. The number of ether oxygens (including phenoxy) is 2. The number of nitrogens with one attached hydrogen (secondary N) is 2. The Balaban J connectivity index is 1.67. The van der Waals surface area contributed by atoms with Crippen LogP contribution in [0, 0.1) is 6.92 Å². The van der Waals surface area contributed by atoms with Crippen LogP contribution < -0.4 is 19.5 Å². The first-order valence-corrected chi connectivity index (χ1v) is 12.5. The zero-order valence-electron chi connectivity index (χ0n) is 17.0. The highest BCUT2D eigenvalue weighted by Crippen LogP contribution is 2.30. The summed E-state index contributed by atoms with van der Waals surface area (Å²) in [5, 5.41) is 2.83. The standard InChI is InChI=1S/C21H26N2O5S2/c1-15-3-6-17(7-4-15)30(25,26)23-18(9-12-29-2)21(24)22-14-16-5-8-19-20(13-16)28-11-10-27-19/h3-8,13,18,23H,9-12,14H2,1-2H3,(H,22,24). The Labute approximate surface area is 181 Å². The van der Waals surface area contributed by atoms with E-state index in [-0.39, 0.29) is 17.3 Å². The van der Waals surface area contributed by atoms with Crippen molar-refractivity contribution in [3.8, 4) is 11.5 Å². The number of amides is 1. The number of aryl methyl sites for hydroxylation is 1. The monoisotopic (exact) mass is 450 g/mol. The number of hydrogen-bond donors (Lipinski definition) is 2. The van der Waals surface area contributed by atoms with E-state index in [9.17, 15) is 13.2 Å². The lowest BCUT2D eigenvalue weighted by atomic mass is 10.1. The van der Waals surface area contributed by atoms with Crippen molar-refractivity contribution in [1.29, 1.82) is 0 Å². The molecular formula is C21H26N2O5S2. The molecule has 1 heterocycles. The van der Waals surface area contributed by atoms with Crippen LogP contribution in [-0.4, -0.2) is 45.6 Å². The van der Waals surface area contributed by atoms with E-state index in [1.54, 1.807) is 30.0 Å². The van der Waals surface area contributed by atoms with Gasteiger partial charge in [0.1, 0.15) is 19.3 Å². The maximum Gasteiger partial charge on any atom is 0.241 e. The minimum Gasteiger partial charge on any atom is -0.486 e. The third-order valence-electron chi connectivity index (χ3n) is 4.63. The Morgan fingerprint density at radius 1 is 1.10 bits per heavy atom. The third-order valence-corrected chi connectivity index (χ3v) is 6.76. The van der Waals surface area contributed by atoms with Crippen LogP contribution in [0.2, 0.25) is 0 Å². The van der Waals surface area contributed by atoms with Crippen LogP contribution in [0.5, 0.6) is 11.5 Å². The van der Waals surface area contributed by atoms with Gasteiger partial charge in [-0.15, -0.1) is 0 Å². The van der Waals surface area contributed by atoms with Gasteiger partial charge in [0.2, 0.25) is 15.9 Å². The molecule has 1 unspecified atom stereocenters. The van der Waals surface area contributed by atoms with Crippen molar-refractivity contribution in [3.05, 3.63) is 53.6 Å². The summed E-state index contributed by atoms with van der Waals surface area (Å²) in [6.45, 7) is 3.15. The lowest BCUT2D eigenvalue weighted by Crippen LogP contribution is -2.46. The molecule has 9 heteroatoms. The molecule has 0 spiro atoms. The number of sulfonamides is 1. The van der Waals surface area contributed by atoms with Crippen molar-refractivity contribution in [2.75, 3.05) is 25.2 Å². The summed E-state index contributed by atoms with van der Waals surface area (Å²) >= 11 is 1.56. The maximum absolute atomic E-state index is 12.8. The molecule has 7 nitrogen and oxygen atoms in total. The van der Waals surface area contributed by atoms with E-state index in [1.807, 2.05) is 25.3 Å². The van der Waals surface area contributed by atoms with E-state index in [0.717, 1.165) is 11.1 Å². The summed E-state index contributed by atoms with van der Waals surface area (Å²) in [7, 11) is -3.80. The van der Waals surface area contributed by atoms with Gasteiger partial charge in [0.25, 0.3) is 0 Å². The summed E-state index contributed by atoms with van der Waals surface area (Å²) in [6.07, 6.45) is 2.30. The Morgan fingerprint density at radius 3 is 2.50 bits per heavy atom. The lowest BCUT2D eigenvalue weighted by molar-refractivity contribution is -0.122. The fourth-order valence-corrected chi connectivity index (χ4v) is 4.66. The zero-order chi connectivity index (χ0) is 21.6. The first-order valence-electron chi connectivity index (χ1n) is 9.63. The van der Waals surface area contributed by atoms with Gasteiger partial charge in [-0.25, -0.2) is 8.42 Å². The number of hydrogen-bond acceptors (Lipinski definition) is 6. The number of rotatable bonds is 9. The first kappa shape index (κ1) is 22.5. The van der Waals surface area contributed by atoms with Crippen LogP contribution >= 0.6 is 11.8 Å². The van der Waals surface area contributed by atoms with Crippen molar-refractivity contribution in [1.82, 2.24) is 10.0 Å². The van der Waals surface area contributed by atoms with Gasteiger partial charge in [0.15, 0.2) is 11.5 Å². The highest BCUT2D eigenvalue weighted by molar-refractivity contribution is 7.98. The van der Waals surface area contributed by atoms with Crippen molar-refractivity contribution < 1.29 is 22.7 Å².